The van der Waals surface area contributed by atoms with E-state index in [9.17, 15) is 9.59 Å². The van der Waals surface area contributed by atoms with Crippen LogP contribution in [0.1, 0.15) is 20.3 Å². The first kappa shape index (κ1) is 15.2. The molecule has 1 rings (SSSR count). The summed E-state index contributed by atoms with van der Waals surface area (Å²) >= 11 is 0. The Balaban J connectivity index is 3.05. The predicted molar refractivity (Wildman–Crippen MR) is 67.3 cm³/mol. The highest BCUT2D eigenvalue weighted by Crippen LogP contribution is 2.26. The maximum absolute atomic E-state index is 12.6. The van der Waals surface area contributed by atoms with Crippen molar-refractivity contribution in [2.75, 3.05) is 19.8 Å². The Kier molecular flexibility index (Phi) is 4.71. The third kappa shape index (κ3) is 2.78. The number of amides is 2. The Bertz CT molecular complexity index is 398. The van der Waals surface area contributed by atoms with Crippen molar-refractivity contribution in [3.05, 3.63) is 0 Å². The van der Waals surface area contributed by atoms with Crippen LogP contribution in [0.4, 0.5) is 0 Å². The molecular formula is C11H20N4O4. The van der Waals surface area contributed by atoms with Crippen LogP contribution in [0.3, 0.4) is 0 Å². The van der Waals surface area contributed by atoms with Crippen LogP contribution in [-0.4, -0.2) is 53.6 Å². The van der Waals surface area contributed by atoms with Gasteiger partial charge in [-0.15, -0.1) is 0 Å². The summed E-state index contributed by atoms with van der Waals surface area (Å²) in [7, 11) is 0. The van der Waals surface area contributed by atoms with Crippen LogP contribution in [0.15, 0.2) is 5.16 Å². The summed E-state index contributed by atoms with van der Waals surface area (Å²) in [5, 5.41) is 11.7. The molecule has 1 aliphatic rings. The van der Waals surface area contributed by atoms with E-state index in [4.69, 9.17) is 21.4 Å². The number of nitrogens with zero attached hydrogens (tertiary/aromatic N) is 2. The van der Waals surface area contributed by atoms with Crippen LogP contribution >= 0.6 is 0 Å². The summed E-state index contributed by atoms with van der Waals surface area (Å²) < 4.78 is 5.15. The fraction of sp³-hybridized carbons (Fsp3) is 0.727. The van der Waals surface area contributed by atoms with Gasteiger partial charge in [0.2, 0.25) is 11.8 Å². The first-order valence-electron chi connectivity index (χ1n) is 6.04. The lowest BCUT2D eigenvalue weighted by atomic mass is 9.84. The van der Waals surface area contributed by atoms with E-state index in [-0.39, 0.29) is 19.0 Å². The minimum atomic E-state index is -1.17. The SMILES string of the molecule is CCC(C)(C(=O)N1CCOCC1C(N)=O)C(N)=NO. The monoisotopic (exact) mass is 272 g/mol. The first-order valence-corrected chi connectivity index (χ1v) is 6.04. The molecule has 1 aliphatic heterocycles. The van der Waals surface area contributed by atoms with Crippen molar-refractivity contribution in [1.29, 1.82) is 0 Å². The lowest BCUT2D eigenvalue weighted by Crippen LogP contribution is -2.60. The van der Waals surface area contributed by atoms with Crippen molar-refractivity contribution in [2.24, 2.45) is 22.0 Å². The molecule has 5 N–H and O–H groups in total. The maximum atomic E-state index is 12.6. The lowest BCUT2D eigenvalue weighted by Gasteiger charge is -2.39. The van der Waals surface area contributed by atoms with Gasteiger partial charge in [-0.2, -0.15) is 0 Å². The zero-order valence-corrected chi connectivity index (χ0v) is 11.1. The zero-order valence-electron chi connectivity index (χ0n) is 11.1. The van der Waals surface area contributed by atoms with E-state index in [0.29, 0.717) is 13.0 Å². The van der Waals surface area contributed by atoms with Gasteiger partial charge in [0.25, 0.3) is 0 Å². The Morgan fingerprint density at radius 2 is 2.16 bits per heavy atom. The van der Waals surface area contributed by atoms with Crippen molar-refractivity contribution in [3.8, 4) is 0 Å². The molecule has 2 unspecified atom stereocenters. The number of carbonyl (C=O) groups is 2. The molecule has 0 aromatic rings. The molecule has 8 heteroatoms. The number of carbonyl (C=O) groups excluding carboxylic acids is 2. The van der Waals surface area contributed by atoms with Gasteiger partial charge in [0, 0.05) is 6.54 Å². The molecule has 0 aromatic carbocycles. The summed E-state index contributed by atoms with van der Waals surface area (Å²) in [4.78, 5) is 25.3. The highest BCUT2D eigenvalue weighted by Gasteiger charge is 2.43. The van der Waals surface area contributed by atoms with Gasteiger partial charge in [-0.1, -0.05) is 12.1 Å². The number of primary amides is 1. The van der Waals surface area contributed by atoms with E-state index in [1.807, 2.05) is 0 Å². The van der Waals surface area contributed by atoms with Gasteiger partial charge >= 0.3 is 0 Å². The largest absolute Gasteiger partial charge is 0.409 e. The van der Waals surface area contributed by atoms with Crippen molar-refractivity contribution >= 4 is 17.6 Å². The second kappa shape index (κ2) is 5.87. The molecule has 2 amide bonds. The van der Waals surface area contributed by atoms with Crippen molar-refractivity contribution < 1.29 is 19.5 Å². The minimum absolute atomic E-state index is 0.0665. The molecular weight excluding hydrogens is 252 g/mol. The third-order valence-electron chi connectivity index (χ3n) is 3.57. The smallest absolute Gasteiger partial charge is 0.242 e. The highest BCUT2D eigenvalue weighted by atomic mass is 16.5. The number of rotatable bonds is 4. The number of nitrogens with two attached hydrogens (primary N) is 2. The Labute approximate surface area is 111 Å². The topological polar surface area (TPSA) is 131 Å². The molecule has 0 spiro atoms. The molecule has 0 aliphatic carbocycles. The average molecular weight is 272 g/mol. The Morgan fingerprint density at radius 1 is 1.53 bits per heavy atom. The van der Waals surface area contributed by atoms with E-state index in [1.165, 1.54) is 4.90 Å². The fourth-order valence-corrected chi connectivity index (χ4v) is 1.95. The summed E-state index contributed by atoms with van der Waals surface area (Å²) in [6.07, 6.45) is 0.338. The number of ether oxygens (including phenoxy) is 1. The summed E-state index contributed by atoms with van der Waals surface area (Å²) in [6.45, 7) is 3.96. The van der Waals surface area contributed by atoms with Crippen LogP contribution in [0, 0.1) is 5.41 Å². The molecule has 0 bridgehead atoms. The average Bonchev–Trinajstić information content (AvgIpc) is 2.44. The summed E-state index contributed by atoms with van der Waals surface area (Å²) in [5.74, 6) is -1.21. The van der Waals surface area contributed by atoms with Crippen molar-refractivity contribution in [3.63, 3.8) is 0 Å². The quantitative estimate of drug-likeness (QED) is 0.258. The van der Waals surface area contributed by atoms with Gasteiger partial charge in [0.1, 0.15) is 11.5 Å². The summed E-state index contributed by atoms with van der Waals surface area (Å²) in [6, 6.07) is -0.821. The maximum Gasteiger partial charge on any atom is 0.242 e. The van der Waals surface area contributed by atoms with Crippen molar-refractivity contribution in [1.82, 2.24) is 4.90 Å². The standard InChI is InChI=1S/C11H20N4O4/c1-3-11(2,9(13)14-18)10(17)15-4-5-19-6-7(15)8(12)16/h7,18H,3-6H2,1-2H3,(H2,12,16)(H2,13,14). The minimum Gasteiger partial charge on any atom is -0.409 e. The van der Waals surface area contributed by atoms with Gasteiger partial charge < -0.3 is 26.3 Å². The van der Waals surface area contributed by atoms with E-state index in [0.717, 1.165) is 0 Å². The molecule has 0 radical (unpaired) electrons. The lowest BCUT2D eigenvalue weighted by molar-refractivity contribution is -0.152. The number of hydrogen-bond donors (Lipinski definition) is 3. The van der Waals surface area contributed by atoms with E-state index in [2.05, 4.69) is 5.16 Å². The van der Waals surface area contributed by atoms with Crippen LogP contribution in [0.5, 0.6) is 0 Å². The van der Waals surface area contributed by atoms with Crippen molar-refractivity contribution in [2.45, 2.75) is 26.3 Å². The summed E-state index contributed by atoms with van der Waals surface area (Å²) in [5.41, 5.74) is 9.69. The number of amidine groups is 1. The molecule has 1 fully saturated rings. The molecule has 19 heavy (non-hydrogen) atoms. The van der Waals surface area contributed by atoms with Gasteiger partial charge in [-0.25, -0.2) is 0 Å². The Hall–Kier alpha value is -1.83. The van der Waals surface area contributed by atoms with Gasteiger partial charge in [0.15, 0.2) is 5.84 Å². The van der Waals surface area contributed by atoms with E-state index >= 15 is 0 Å². The van der Waals surface area contributed by atoms with Crippen LogP contribution in [0.25, 0.3) is 0 Å². The molecule has 1 saturated heterocycles. The normalized spacial score (nSPS) is 23.8. The number of oxime groups is 1. The van der Waals surface area contributed by atoms with Crippen LogP contribution in [0.2, 0.25) is 0 Å². The first-order chi connectivity index (χ1) is 8.88. The van der Waals surface area contributed by atoms with Crippen LogP contribution in [-0.2, 0) is 14.3 Å². The van der Waals surface area contributed by atoms with E-state index in [1.54, 1.807) is 13.8 Å². The van der Waals surface area contributed by atoms with Gasteiger partial charge in [-0.05, 0) is 13.3 Å². The van der Waals surface area contributed by atoms with Crippen LogP contribution < -0.4 is 11.5 Å². The molecule has 2 atom stereocenters. The Morgan fingerprint density at radius 3 is 2.63 bits per heavy atom. The van der Waals surface area contributed by atoms with Gasteiger partial charge in [-0.3, -0.25) is 9.59 Å². The molecule has 0 aromatic heterocycles. The number of morpholine rings is 1. The third-order valence-corrected chi connectivity index (χ3v) is 3.57. The fourth-order valence-electron chi connectivity index (χ4n) is 1.95. The number of hydrogen-bond acceptors (Lipinski definition) is 5. The van der Waals surface area contributed by atoms with E-state index < -0.39 is 23.3 Å². The molecule has 8 nitrogen and oxygen atoms in total. The molecule has 108 valence electrons. The molecule has 0 saturated carbocycles. The second-order valence-electron chi connectivity index (χ2n) is 4.66. The highest BCUT2D eigenvalue weighted by molar-refractivity contribution is 6.07. The second-order valence-corrected chi connectivity index (χ2v) is 4.66. The molecule has 1 heterocycles. The zero-order chi connectivity index (χ0) is 14.6. The van der Waals surface area contributed by atoms with Gasteiger partial charge in [0.05, 0.1) is 13.2 Å². The predicted octanol–water partition coefficient (Wildman–Crippen LogP) is -1.14.